The van der Waals surface area contributed by atoms with E-state index in [-0.39, 0.29) is 24.3 Å². The van der Waals surface area contributed by atoms with Gasteiger partial charge in [-0.25, -0.2) is 4.79 Å². The molecule has 0 N–H and O–H groups in total. The summed E-state index contributed by atoms with van der Waals surface area (Å²) in [5.41, 5.74) is 0. The largest absolute Gasteiger partial charge is 0.518 e. The Morgan fingerprint density at radius 3 is 2.86 bits per heavy atom. The summed E-state index contributed by atoms with van der Waals surface area (Å²) in [5.74, 6) is -1.03. The molecule has 0 spiro atoms. The average Bonchev–Trinajstić information content (AvgIpc) is 2.59. The zero-order chi connectivity index (χ0) is 10.6. The highest BCUT2D eigenvalue weighted by Gasteiger charge is 2.13. The summed E-state index contributed by atoms with van der Waals surface area (Å²) >= 11 is 0. The van der Waals surface area contributed by atoms with E-state index in [4.69, 9.17) is 4.74 Å². The first kappa shape index (κ1) is 10.6. The first-order valence-electron chi connectivity index (χ1n) is 4.37. The molecule has 0 bridgehead atoms. The Morgan fingerprint density at radius 1 is 1.64 bits per heavy atom. The maximum atomic E-state index is 11.2. The second kappa shape index (κ2) is 4.64. The molecule has 1 atom stereocenters. The molecular weight excluding hydrogens is 188 g/mol. The van der Waals surface area contributed by atoms with Crippen molar-refractivity contribution in [3.05, 3.63) is 22.6 Å². The average molecular weight is 200 g/mol. The van der Waals surface area contributed by atoms with Crippen molar-refractivity contribution in [1.82, 2.24) is 0 Å². The highest BCUT2D eigenvalue weighted by Crippen LogP contribution is 2.06. The van der Waals surface area contributed by atoms with E-state index >= 15 is 0 Å². The van der Waals surface area contributed by atoms with Crippen LogP contribution in [0, 0.1) is 5.92 Å². The molecule has 0 aliphatic carbocycles. The van der Waals surface area contributed by atoms with Gasteiger partial charge in [0.25, 0.3) is 0 Å². The van der Waals surface area contributed by atoms with Crippen LogP contribution in [-0.4, -0.2) is 5.97 Å². The van der Waals surface area contributed by atoms with Gasteiger partial charge in [0.1, 0.15) is 6.26 Å². The fourth-order valence-corrected chi connectivity index (χ4v) is 0.784. The molecule has 1 aromatic heterocycles. The molecule has 0 fully saturated rings. The third kappa shape index (κ3) is 2.76. The lowest BCUT2D eigenvalue weighted by Gasteiger charge is -2.06. The molecule has 5 heteroatoms. The molecule has 78 valence electrons. The van der Waals surface area contributed by atoms with Gasteiger partial charge in [-0.05, 0) is 6.42 Å². The molecule has 0 aliphatic heterocycles. The minimum atomic E-state index is -0.792. The van der Waals surface area contributed by atoms with E-state index < -0.39 is 5.82 Å². The van der Waals surface area contributed by atoms with Gasteiger partial charge in [-0.15, -0.1) is 0 Å². The van der Waals surface area contributed by atoms with E-state index in [0.29, 0.717) is 6.42 Å². The summed E-state index contributed by atoms with van der Waals surface area (Å²) in [7, 11) is 0. The predicted molar refractivity (Wildman–Crippen MR) is 46.5 cm³/mol. The van der Waals surface area contributed by atoms with Crippen molar-refractivity contribution in [3.63, 3.8) is 0 Å². The quantitative estimate of drug-likeness (QED) is 0.685. The Kier molecular flexibility index (Phi) is 3.50. The summed E-state index contributed by atoms with van der Waals surface area (Å²) < 4.78 is 13.8. The Labute approximate surface area is 80.7 Å². The molecular formula is C9H12O5. The maximum Gasteiger partial charge on any atom is 0.518 e. The number of esters is 1. The number of ether oxygens (including phenoxy) is 1. The summed E-state index contributed by atoms with van der Waals surface area (Å²) in [5, 5.41) is 0. The first-order chi connectivity index (χ1) is 6.63. The molecule has 5 nitrogen and oxygen atoms in total. The van der Waals surface area contributed by atoms with Crippen molar-refractivity contribution in [1.29, 1.82) is 0 Å². The Hall–Kier alpha value is -1.52. The van der Waals surface area contributed by atoms with Crippen LogP contribution in [0.5, 0.6) is 0 Å². The summed E-state index contributed by atoms with van der Waals surface area (Å²) in [6, 6.07) is 0. The predicted octanol–water partition coefficient (Wildman–Crippen LogP) is 1.32. The zero-order valence-electron chi connectivity index (χ0n) is 8.11. The standard InChI is InChI=1S/C9H12O5/c1-3-6(2)8(10)12-4-7-5-13-9(11)14-7/h5-6H,3-4H2,1-2H3. The van der Waals surface area contributed by atoms with E-state index in [1.165, 1.54) is 0 Å². The van der Waals surface area contributed by atoms with Gasteiger partial charge in [-0.2, -0.15) is 0 Å². The van der Waals surface area contributed by atoms with E-state index in [0.717, 1.165) is 6.26 Å². The molecule has 0 amide bonds. The van der Waals surface area contributed by atoms with Crippen LogP contribution in [0.2, 0.25) is 0 Å². The third-order valence-corrected chi connectivity index (χ3v) is 1.87. The van der Waals surface area contributed by atoms with Crippen LogP contribution < -0.4 is 5.82 Å². The van der Waals surface area contributed by atoms with Gasteiger partial charge in [-0.3, -0.25) is 4.79 Å². The fourth-order valence-electron chi connectivity index (χ4n) is 0.784. The number of carbonyl (C=O) groups is 1. The number of carbonyl (C=O) groups excluding carboxylic acids is 1. The van der Waals surface area contributed by atoms with Crippen molar-refractivity contribution in [2.75, 3.05) is 0 Å². The highest BCUT2D eigenvalue weighted by molar-refractivity contribution is 5.71. The lowest BCUT2D eigenvalue weighted by Crippen LogP contribution is -2.13. The monoisotopic (exact) mass is 200 g/mol. The molecule has 0 saturated carbocycles. The highest BCUT2D eigenvalue weighted by atomic mass is 16.6. The van der Waals surface area contributed by atoms with Gasteiger partial charge in [0.15, 0.2) is 12.4 Å². The summed E-state index contributed by atoms with van der Waals surface area (Å²) in [6.07, 6.45) is 1.85. The van der Waals surface area contributed by atoms with Gasteiger partial charge in [0.05, 0.1) is 5.92 Å². The topological polar surface area (TPSA) is 69.7 Å². The van der Waals surface area contributed by atoms with Crippen LogP contribution in [0.4, 0.5) is 0 Å². The smallest absolute Gasteiger partial charge is 0.457 e. The van der Waals surface area contributed by atoms with E-state index in [1.54, 1.807) is 6.92 Å². The molecule has 14 heavy (non-hydrogen) atoms. The van der Waals surface area contributed by atoms with Crippen LogP contribution in [0.15, 0.2) is 19.9 Å². The van der Waals surface area contributed by atoms with Crippen molar-refractivity contribution in [2.45, 2.75) is 26.9 Å². The summed E-state index contributed by atoms with van der Waals surface area (Å²) in [4.78, 5) is 21.6. The van der Waals surface area contributed by atoms with Gasteiger partial charge < -0.3 is 13.6 Å². The maximum absolute atomic E-state index is 11.2. The third-order valence-electron chi connectivity index (χ3n) is 1.87. The summed E-state index contributed by atoms with van der Waals surface area (Å²) in [6.45, 7) is 3.60. The second-order valence-corrected chi connectivity index (χ2v) is 2.97. The van der Waals surface area contributed by atoms with E-state index in [2.05, 4.69) is 8.83 Å². The number of hydrogen-bond donors (Lipinski definition) is 0. The zero-order valence-corrected chi connectivity index (χ0v) is 8.11. The van der Waals surface area contributed by atoms with Gasteiger partial charge in [-0.1, -0.05) is 13.8 Å². The lowest BCUT2D eigenvalue weighted by molar-refractivity contribution is -0.149. The second-order valence-electron chi connectivity index (χ2n) is 2.97. The Balaban J connectivity index is 2.41. The minimum Gasteiger partial charge on any atom is -0.457 e. The SMILES string of the molecule is CCC(C)C(=O)OCc1coc(=O)o1. The van der Waals surface area contributed by atoms with Crippen LogP contribution in [0.3, 0.4) is 0 Å². The van der Waals surface area contributed by atoms with E-state index in [9.17, 15) is 9.59 Å². The van der Waals surface area contributed by atoms with Crippen LogP contribution in [0.25, 0.3) is 0 Å². The minimum absolute atomic E-state index is 0.0606. The van der Waals surface area contributed by atoms with Gasteiger partial charge in [0.2, 0.25) is 0 Å². The molecule has 0 aromatic carbocycles. The van der Waals surface area contributed by atoms with E-state index in [1.807, 2.05) is 6.92 Å². The lowest BCUT2D eigenvalue weighted by atomic mass is 10.1. The van der Waals surface area contributed by atoms with Crippen molar-refractivity contribution >= 4 is 5.97 Å². The molecule has 1 aromatic rings. The fraction of sp³-hybridized carbons (Fsp3) is 0.556. The van der Waals surface area contributed by atoms with Crippen LogP contribution in [-0.2, 0) is 16.1 Å². The molecule has 1 unspecified atom stereocenters. The van der Waals surface area contributed by atoms with Crippen molar-refractivity contribution in [2.24, 2.45) is 5.92 Å². The van der Waals surface area contributed by atoms with Crippen molar-refractivity contribution < 1.29 is 18.4 Å². The van der Waals surface area contributed by atoms with Gasteiger partial charge in [0, 0.05) is 0 Å². The number of hydrogen-bond acceptors (Lipinski definition) is 5. The Morgan fingerprint density at radius 2 is 2.36 bits per heavy atom. The normalized spacial score (nSPS) is 12.4. The molecule has 1 heterocycles. The molecule has 1 rings (SSSR count). The van der Waals surface area contributed by atoms with Gasteiger partial charge >= 0.3 is 11.8 Å². The van der Waals surface area contributed by atoms with Crippen molar-refractivity contribution in [3.8, 4) is 0 Å². The molecule has 0 radical (unpaired) electrons. The van der Waals surface area contributed by atoms with Crippen LogP contribution >= 0.6 is 0 Å². The molecule has 0 aliphatic rings. The Bertz CT molecular complexity index is 348. The molecule has 0 saturated heterocycles. The first-order valence-corrected chi connectivity index (χ1v) is 4.37. The number of rotatable bonds is 4. The van der Waals surface area contributed by atoms with Crippen LogP contribution in [0.1, 0.15) is 26.0 Å².